The molecular formula is C10H16F2O. The van der Waals surface area contributed by atoms with Crippen molar-refractivity contribution >= 4 is 0 Å². The van der Waals surface area contributed by atoms with Gasteiger partial charge in [-0.3, -0.25) is 0 Å². The molecule has 0 amide bonds. The molecule has 1 aliphatic rings. The van der Waals surface area contributed by atoms with E-state index in [-0.39, 0.29) is 5.41 Å². The van der Waals surface area contributed by atoms with Gasteiger partial charge in [0.1, 0.15) is 0 Å². The minimum absolute atomic E-state index is 0.103. The van der Waals surface area contributed by atoms with Crippen LogP contribution >= 0.6 is 0 Å². The SMILES string of the molecule is COCC1(/C=C/C(C)(F)F)CCC1. The summed E-state index contributed by atoms with van der Waals surface area (Å²) in [5.41, 5.74) is -0.103. The highest BCUT2D eigenvalue weighted by atomic mass is 19.3. The molecule has 1 nitrogen and oxygen atoms in total. The second-order valence-electron chi connectivity index (χ2n) is 3.94. The van der Waals surface area contributed by atoms with Gasteiger partial charge in [-0.1, -0.05) is 12.5 Å². The van der Waals surface area contributed by atoms with Gasteiger partial charge in [0.15, 0.2) is 0 Å². The maximum Gasteiger partial charge on any atom is 0.263 e. The lowest BCUT2D eigenvalue weighted by Gasteiger charge is -2.38. The van der Waals surface area contributed by atoms with Gasteiger partial charge in [0.2, 0.25) is 0 Å². The quantitative estimate of drug-likeness (QED) is 0.619. The van der Waals surface area contributed by atoms with Crippen LogP contribution in [0.3, 0.4) is 0 Å². The first-order chi connectivity index (χ1) is 5.97. The molecule has 1 aliphatic carbocycles. The molecule has 0 bridgehead atoms. The summed E-state index contributed by atoms with van der Waals surface area (Å²) in [7, 11) is 1.61. The summed E-state index contributed by atoms with van der Waals surface area (Å²) in [5.74, 6) is -2.70. The van der Waals surface area contributed by atoms with Crippen LogP contribution in [0.15, 0.2) is 12.2 Å². The monoisotopic (exact) mass is 190 g/mol. The maximum atomic E-state index is 12.5. The third-order valence-corrected chi connectivity index (χ3v) is 2.51. The molecule has 0 heterocycles. The van der Waals surface area contributed by atoms with Gasteiger partial charge in [-0.2, -0.15) is 0 Å². The Morgan fingerprint density at radius 2 is 2.08 bits per heavy atom. The van der Waals surface area contributed by atoms with Crippen LogP contribution in [0.4, 0.5) is 8.78 Å². The van der Waals surface area contributed by atoms with Crippen molar-refractivity contribution in [3.8, 4) is 0 Å². The van der Waals surface area contributed by atoms with Gasteiger partial charge in [0.05, 0.1) is 6.61 Å². The van der Waals surface area contributed by atoms with Crippen LogP contribution in [-0.2, 0) is 4.74 Å². The fourth-order valence-corrected chi connectivity index (χ4v) is 1.60. The molecule has 0 aromatic heterocycles. The van der Waals surface area contributed by atoms with Crippen molar-refractivity contribution in [2.24, 2.45) is 5.41 Å². The average molecular weight is 190 g/mol. The Morgan fingerprint density at radius 3 is 2.38 bits per heavy atom. The summed E-state index contributed by atoms with van der Waals surface area (Å²) in [4.78, 5) is 0. The zero-order valence-corrected chi connectivity index (χ0v) is 8.15. The predicted molar refractivity (Wildman–Crippen MR) is 47.9 cm³/mol. The number of allylic oxidation sites excluding steroid dienone is 1. The van der Waals surface area contributed by atoms with Crippen molar-refractivity contribution in [3.05, 3.63) is 12.2 Å². The number of ether oxygens (including phenoxy) is 1. The van der Waals surface area contributed by atoms with Crippen LogP contribution in [0, 0.1) is 5.41 Å². The van der Waals surface area contributed by atoms with E-state index in [0.29, 0.717) is 6.61 Å². The fourth-order valence-electron chi connectivity index (χ4n) is 1.60. The lowest BCUT2D eigenvalue weighted by molar-refractivity contribution is 0.0479. The highest BCUT2D eigenvalue weighted by Gasteiger charge is 2.35. The highest BCUT2D eigenvalue weighted by molar-refractivity contribution is 5.07. The largest absolute Gasteiger partial charge is 0.384 e. The Hall–Kier alpha value is -0.440. The molecule has 0 saturated heterocycles. The molecule has 1 saturated carbocycles. The molecular weight excluding hydrogens is 174 g/mol. The third-order valence-electron chi connectivity index (χ3n) is 2.51. The molecule has 0 N–H and O–H groups in total. The van der Waals surface area contributed by atoms with Gasteiger partial charge >= 0.3 is 0 Å². The van der Waals surface area contributed by atoms with E-state index < -0.39 is 5.92 Å². The first kappa shape index (κ1) is 10.6. The molecule has 0 aliphatic heterocycles. The number of hydrogen-bond acceptors (Lipinski definition) is 1. The zero-order valence-electron chi connectivity index (χ0n) is 8.15. The number of rotatable bonds is 4. The summed E-state index contributed by atoms with van der Waals surface area (Å²) in [6, 6.07) is 0. The molecule has 0 atom stereocenters. The van der Waals surface area contributed by atoms with E-state index >= 15 is 0 Å². The predicted octanol–water partition coefficient (Wildman–Crippen LogP) is 3.01. The number of alkyl halides is 2. The standard InChI is InChI=1S/C10H16F2O/c1-9(11,12)6-7-10(8-13-2)4-3-5-10/h6-7H,3-5,8H2,1-2H3/b7-6+. The first-order valence-electron chi connectivity index (χ1n) is 4.55. The number of halogens is 2. The van der Waals surface area contributed by atoms with E-state index in [2.05, 4.69) is 0 Å². The van der Waals surface area contributed by atoms with Crippen LogP contribution < -0.4 is 0 Å². The molecule has 13 heavy (non-hydrogen) atoms. The molecule has 3 heteroatoms. The number of methoxy groups -OCH3 is 1. The normalized spacial score (nSPS) is 21.8. The Balaban J connectivity index is 2.53. The minimum atomic E-state index is -2.70. The smallest absolute Gasteiger partial charge is 0.263 e. The molecule has 1 fully saturated rings. The molecule has 0 radical (unpaired) electrons. The Labute approximate surface area is 77.8 Å². The fraction of sp³-hybridized carbons (Fsp3) is 0.800. The van der Waals surface area contributed by atoms with Gasteiger partial charge in [-0.25, -0.2) is 8.78 Å². The summed E-state index contributed by atoms with van der Waals surface area (Å²) in [6.45, 7) is 1.46. The third kappa shape index (κ3) is 3.07. The summed E-state index contributed by atoms with van der Waals surface area (Å²) < 4.78 is 30.1. The lowest BCUT2D eigenvalue weighted by Crippen LogP contribution is -2.32. The minimum Gasteiger partial charge on any atom is -0.384 e. The van der Waals surface area contributed by atoms with Crippen molar-refractivity contribution in [1.29, 1.82) is 0 Å². The second-order valence-corrected chi connectivity index (χ2v) is 3.94. The van der Waals surface area contributed by atoms with E-state index in [0.717, 1.165) is 32.3 Å². The topological polar surface area (TPSA) is 9.23 Å². The van der Waals surface area contributed by atoms with Gasteiger partial charge in [-0.05, 0) is 18.9 Å². The molecule has 76 valence electrons. The zero-order chi connectivity index (χ0) is 9.95. The molecule has 0 unspecified atom stereocenters. The van der Waals surface area contributed by atoms with Crippen molar-refractivity contribution in [3.63, 3.8) is 0 Å². The summed E-state index contributed by atoms with van der Waals surface area (Å²) in [6.07, 6.45) is 5.66. The van der Waals surface area contributed by atoms with Crippen LogP contribution in [0.2, 0.25) is 0 Å². The van der Waals surface area contributed by atoms with Crippen LogP contribution in [0.5, 0.6) is 0 Å². The van der Waals surface area contributed by atoms with Gasteiger partial charge in [-0.15, -0.1) is 0 Å². The molecule has 0 aromatic carbocycles. The highest BCUT2D eigenvalue weighted by Crippen LogP contribution is 2.43. The molecule has 1 rings (SSSR count). The second kappa shape index (κ2) is 3.74. The average Bonchev–Trinajstić information content (AvgIpc) is 1.92. The van der Waals surface area contributed by atoms with E-state index in [1.807, 2.05) is 0 Å². The van der Waals surface area contributed by atoms with Crippen molar-refractivity contribution in [2.45, 2.75) is 32.1 Å². The van der Waals surface area contributed by atoms with Gasteiger partial charge in [0, 0.05) is 19.4 Å². The number of hydrogen-bond donors (Lipinski definition) is 0. The first-order valence-corrected chi connectivity index (χ1v) is 4.55. The Kier molecular flexibility index (Phi) is 3.06. The van der Waals surface area contributed by atoms with Crippen LogP contribution in [0.1, 0.15) is 26.2 Å². The van der Waals surface area contributed by atoms with Crippen LogP contribution in [-0.4, -0.2) is 19.6 Å². The Morgan fingerprint density at radius 1 is 1.46 bits per heavy atom. The summed E-state index contributed by atoms with van der Waals surface area (Å²) in [5, 5.41) is 0. The van der Waals surface area contributed by atoms with Crippen molar-refractivity contribution in [2.75, 3.05) is 13.7 Å². The molecule has 0 aromatic rings. The van der Waals surface area contributed by atoms with Crippen molar-refractivity contribution < 1.29 is 13.5 Å². The maximum absolute atomic E-state index is 12.5. The lowest BCUT2D eigenvalue weighted by atomic mass is 9.69. The van der Waals surface area contributed by atoms with E-state index in [1.165, 1.54) is 0 Å². The molecule has 0 spiro atoms. The van der Waals surface area contributed by atoms with E-state index in [1.54, 1.807) is 13.2 Å². The summed E-state index contributed by atoms with van der Waals surface area (Å²) >= 11 is 0. The van der Waals surface area contributed by atoms with Crippen molar-refractivity contribution in [1.82, 2.24) is 0 Å². The Bertz CT molecular complexity index is 190. The van der Waals surface area contributed by atoms with E-state index in [9.17, 15) is 8.78 Å². The van der Waals surface area contributed by atoms with Crippen LogP contribution in [0.25, 0.3) is 0 Å². The van der Waals surface area contributed by atoms with E-state index in [4.69, 9.17) is 4.74 Å². The van der Waals surface area contributed by atoms with Gasteiger partial charge in [0.25, 0.3) is 5.92 Å². The van der Waals surface area contributed by atoms with Gasteiger partial charge < -0.3 is 4.74 Å².